The fourth-order valence-corrected chi connectivity index (χ4v) is 11.5. The number of hydrogen-bond donors (Lipinski definition) is 0. The maximum Gasteiger partial charge on any atom is 0.251 e. The third-order valence-electron chi connectivity index (χ3n) is 8.60. The van der Waals surface area contributed by atoms with Gasteiger partial charge in [-0.25, -0.2) is 0 Å². The van der Waals surface area contributed by atoms with Crippen LogP contribution >= 0.6 is 0 Å². The highest BCUT2D eigenvalue weighted by molar-refractivity contribution is 7.20. The Kier molecular flexibility index (Phi) is 4.78. The van der Waals surface area contributed by atoms with Crippen LogP contribution in [-0.4, -0.2) is 14.8 Å². The zero-order valence-electron chi connectivity index (χ0n) is 36.0. The number of ether oxygens (including phenoxy) is 1. The van der Waals surface area contributed by atoms with Crippen molar-refractivity contribution in [1.29, 1.82) is 0 Å². The van der Waals surface area contributed by atoms with Crippen LogP contribution in [0.1, 0.15) is 20.6 Å². The van der Waals surface area contributed by atoms with Gasteiger partial charge in [-0.05, 0) is 61.8 Å². The highest BCUT2D eigenvalue weighted by atomic mass is 28.3. The summed E-state index contributed by atoms with van der Waals surface area (Å²) in [6.45, 7) is 0.0852. The quantitative estimate of drug-likeness (QED) is 0.173. The molecule has 0 fully saturated rings. The van der Waals surface area contributed by atoms with Gasteiger partial charge < -0.3 is 4.74 Å². The Balaban J connectivity index is 1.52. The van der Waals surface area contributed by atoms with Crippen LogP contribution in [0, 0.1) is 6.92 Å². The second-order valence-electron chi connectivity index (χ2n) is 11.2. The van der Waals surface area contributed by atoms with Gasteiger partial charge in [-0.3, -0.25) is 0 Å². The lowest BCUT2D eigenvalue weighted by Gasteiger charge is -2.35. The van der Waals surface area contributed by atoms with Gasteiger partial charge in [0, 0.05) is 0 Å². The fourth-order valence-electron chi connectivity index (χ4n) is 6.66. The summed E-state index contributed by atoms with van der Waals surface area (Å²) in [4.78, 5) is 0. The average Bonchev–Trinajstić information content (AvgIpc) is 3.24. The van der Waals surface area contributed by atoms with E-state index in [0.29, 0.717) is 5.56 Å². The molecule has 1 heterocycles. The Hall–Kier alpha value is -5.38. The molecule has 1 nitrogen and oxygen atoms in total. The molecule has 0 unspecified atom stereocenters. The average molecular weight is 616 g/mol. The van der Waals surface area contributed by atoms with Crippen LogP contribution in [0.15, 0.2) is 182 Å². The molecule has 1 aliphatic rings. The van der Waals surface area contributed by atoms with Crippen LogP contribution < -0.4 is 41.9 Å². The van der Waals surface area contributed by atoms with E-state index in [2.05, 4.69) is 36.4 Å². The van der Waals surface area contributed by atoms with Gasteiger partial charge in [-0.2, -0.15) is 0 Å². The van der Waals surface area contributed by atoms with Gasteiger partial charge in [0.25, 0.3) is 6.71 Å². The molecule has 0 amide bonds. The van der Waals surface area contributed by atoms with Gasteiger partial charge in [-0.1, -0.05) is 181 Å². The predicted octanol–water partition coefficient (Wildman–Crippen LogP) is 5.66. The molecule has 0 aliphatic carbocycles. The maximum absolute atomic E-state index is 9.50. The molecule has 0 aromatic heterocycles. The van der Waals surface area contributed by atoms with Crippen LogP contribution in [0.25, 0.3) is 11.1 Å². The van der Waals surface area contributed by atoms with Crippen molar-refractivity contribution in [2.45, 2.75) is 6.92 Å². The number of hydrogen-bond acceptors (Lipinski definition) is 1. The van der Waals surface area contributed by atoms with Crippen molar-refractivity contribution in [2.24, 2.45) is 0 Å². The molecule has 8 rings (SSSR count). The Morgan fingerprint density at radius 2 is 1.07 bits per heavy atom. The Labute approximate surface area is 288 Å². The minimum Gasteiger partial charge on any atom is -0.458 e. The van der Waals surface area contributed by atoms with Crippen LogP contribution in [0.5, 0.6) is 11.5 Å². The van der Waals surface area contributed by atoms with E-state index in [1.807, 2.05) is 72.8 Å². The summed E-state index contributed by atoms with van der Waals surface area (Å²) in [5.74, 6) is -0.598. The summed E-state index contributed by atoms with van der Waals surface area (Å²) in [6.07, 6.45) is 0. The number of fused-ring (bicyclic) bond motifs is 2. The van der Waals surface area contributed by atoms with Gasteiger partial charge in [-0.15, -0.1) is 0 Å². The molecule has 0 spiro atoms. The van der Waals surface area contributed by atoms with Crippen molar-refractivity contribution in [1.82, 2.24) is 0 Å². The van der Waals surface area contributed by atoms with Crippen LogP contribution in [0.3, 0.4) is 0 Å². The van der Waals surface area contributed by atoms with Crippen molar-refractivity contribution in [3.05, 3.63) is 187 Å². The largest absolute Gasteiger partial charge is 0.458 e. The molecule has 0 saturated carbocycles. The monoisotopic (exact) mass is 615 g/mol. The minimum atomic E-state index is -3.14. The van der Waals surface area contributed by atoms with E-state index in [0.717, 1.165) is 20.7 Å². The Morgan fingerprint density at radius 1 is 0.522 bits per heavy atom. The standard InChI is InChI=1S/C43H33BOSi/c1-32-28-29-43-41(30-32)44(40-26-13-14-27-42(40)45-43)39-25-12-11-24-38(39)33-16-15-23-37(31-33)46(34-17-5-2-6-18-34,35-19-7-3-8-20-35)36-21-9-4-10-22-36/h2-31H,1H3/i11D,12D,13D,14D,24D,25D,26D,27D,28D,29D,30D. The van der Waals surface area contributed by atoms with Crippen molar-refractivity contribution in [2.75, 3.05) is 0 Å². The summed E-state index contributed by atoms with van der Waals surface area (Å²) in [6, 6.07) is 33.1. The first-order valence-corrected chi connectivity index (χ1v) is 17.1. The number of rotatable bonds is 6. The van der Waals surface area contributed by atoms with E-state index in [9.17, 15) is 4.11 Å². The highest BCUT2D eigenvalue weighted by Gasteiger charge is 2.41. The van der Waals surface area contributed by atoms with Gasteiger partial charge in [0.1, 0.15) is 11.5 Å². The van der Waals surface area contributed by atoms with Crippen molar-refractivity contribution in [3.8, 4) is 22.6 Å². The molecule has 3 heteroatoms. The van der Waals surface area contributed by atoms with E-state index in [1.165, 1.54) is 6.92 Å². The molecule has 0 N–H and O–H groups in total. The topological polar surface area (TPSA) is 9.23 Å². The van der Waals surface area contributed by atoms with E-state index in [-0.39, 0.29) is 57.1 Å². The Bertz CT molecular complexity index is 2580. The molecule has 0 saturated heterocycles. The van der Waals surface area contributed by atoms with Gasteiger partial charge >= 0.3 is 0 Å². The molecule has 7 aromatic rings. The second-order valence-corrected chi connectivity index (χ2v) is 15.0. The molecular formula is C43H33BOSi. The lowest BCUT2D eigenvalue weighted by atomic mass is 9.35. The number of benzene rings is 7. The number of para-hydroxylation sites is 1. The zero-order valence-corrected chi connectivity index (χ0v) is 26.0. The van der Waals surface area contributed by atoms with Gasteiger partial charge in [0.15, 0.2) is 8.07 Å². The third-order valence-corrected chi connectivity index (χ3v) is 13.4. The normalized spacial score (nSPS) is 15.5. The third kappa shape index (κ3) is 4.72. The first kappa shape index (κ1) is 18.6. The van der Waals surface area contributed by atoms with E-state index in [1.54, 1.807) is 6.07 Å². The molecule has 46 heavy (non-hydrogen) atoms. The molecule has 0 bridgehead atoms. The van der Waals surface area contributed by atoms with Gasteiger partial charge in [0.2, 0.25) is 0 Å². The Morgan fingerprint density at radius 3 is 1.72 bits per heavy atom. The first-order valence-electron chi connectivity index (χ1n) is 20.6. The molecule has 218 valence electrons. The SMILES string of the molecule is [2H]c1c([2H])c([2H])c2c(c1[2H])Oc1c([2H])c([2H])c(C)c([2H])c1B2c1c([2H])c([2H])c([2H])c([2H])c1-c1cccc([Si](c2ccccc2)(c2ccccc2)c2ccccc2)c1. The fraction of sp³-hybridized carbons (Fsp3) is 0.0233. The molecule has 0 radical (unpaired) electrons. The summed E-state index contributed by atoms with van der Waals surface area (Å²) >= 11 is 0. The van der Waals surface area contributed by atoms with Crippen molar-refractivity contribution in [3.63, 3.8) is 0 Å². The molecular weight excluding hydrogens is 571 g/mol. The highest BCUT2D eigenvalue weighted by Crippen LogP contribution is 2.27. The van der Waals surface area contributed by atoms with E-state index in [4.69, 9.17) is 15.7 Å². The summed E-state index contributed by atoms with van der Waals surface area (Å²) in [5.41, 5.74) is 0.444. The minimum absolute atomic E-state index is 0.0185. The molecule has 0 atom stereocenters. The summed E-state index contributed by atoms with van der Waals surface area (Å²) in [7, 11) is -3.14. The predicted molar refractivity (Wildman–Crippen MR) is 198 cm³/mol. The smallest absolute Gasteiger partial charge is 0.251 e. The van der Waals surface area contributed by atoms with E-state index >= 15 is 0 Å². The summed E-state index contributed by atoms with van der Waals surface area (Å²) < 4.78 is 105. The van der Waals surface area contributed by atoms with Crippen molar-refractivity contribution >= 4 is 51.9 Å². The lowest BCUT2D eigenvalue weighted by Crippen LogP contribution is -2.74. The first-order chi connectivity index (χ1) is 27.3. The zero-order chi connectivity index (χ0) is 40.5. The van der Waals surface area contributed by atoms with Crippen LogP contribution in [-0.2, 0) is 0 Å². The summed E-state index contributed by atoms with van der Waals surface area (Å²) in [5, 5.41) is 4.17. The van der Waals surface area contributed by atoms with Crippen molar-refractivity contribution < 1.29 is 19.8 Å². The molecule has 7 aromatic carbocycles. The van der Waals surface area contributed by atoms with E-state index < -0.39 is 63.1 Å². The second kappa shape index (κ2) is 11.9. The lowest BCUT2D eigenvalue weighted by molar-refractivity contribution is 0.487. The van der Waals surface area contributed by atoms with Gasteiger partial charge in [0.05, 0.1) is 15.1 Å². The van der Waals surface area contributed by atoms with Crippen LogP contribution in [0.4, 0.5) is 0 Å². The molecule has 1 aliphatic heterocycles. The maximum atomic E-state index is 9.50. The van der Waals surface area contributed by atoms with Crippen LogP contribution in [0.2, 0.25) is 0 Å².